The van der Waals surface area contributed by atoms with Gasteiger partial charge >= 0.3 is 0 Å². The molecule has 0 saturated carbocycles. The molecule has 0 radical (unpaired) electrons. The van der Waals surface area contributed by atoms with E-state index in [1.807, 2.05) is 12.1 Å². The second kappa shape index (κ2) is 5.87. The van der Waals surface area contributed by atoms with Crippen LogP contribution in [0.4, 0.5) is 0 Å². The third-order valence-electron chi connectivity index (χ3n) is 2.78. The Morgan fingerprint density at radius 2 is 2.25 bits per heavy atom. The van der Waals surface area contributed by atoms with Crippen LogP contribution in [-0.2, 0) is 11.3 Å². The van der Waals surface area contributed by atoms with Crippen LogP contribution in [0.15, 0.2) is 18.2 Å². The quantitative estimate of drug-likeness (QED) is 0.898. The summed E-state index contributed by atoms with van der Waals surface area (Å²) in [5, 5.41) is 4.88. The van der Waals surface area contributed by atoms with Gasteiger partial charge in [-0.2, -0.15) is 0 Å². The first kappa shape index (κ1) is 12.2. The maximum atomic E-state index is 6.07. The first-order chi connectivity index (χ1) is 7.75. The number of ether oxygens (including phenoxy) is 1. The largest absolute Gasteiger partial charge is 0.381 e. The van der Waals surface area contributed by atoms with Crippen LogP contribution < -0.4 is 5.32 Å². The fourth-order valence-electron chi connectivity index (χ4n) is 1.83. The van der Waals surface area contributed by atoms with Crippen LogP contribution in [0.2, 0.25) is 10.0 Å². The van der Waals surface area contributed by atoms with Crippen LogP contribution in [0.5, 0.6) is 0 Å². The molecule has 88 valence electrons. The molecule has 0 aromatic heterocycles. The van der Waals surface area contributed by atoms with Crippen molar-refractivity contribution in [1.29, 1.82) is 0 Å². The van der Waals surface area contributed by atoms with E-state index in [2.05, 4.69) is 5.32 Å². The van der Waals surface area contributed by atoms with E-state index in [4.69, 9.17) is 27.9 Å². The first-order valence-corrected chi connectivity index (χ1v) is 6.23. The van der Waals surface area contributed by atoms with Crippen molar-refractivity contribution in [3.05, 3.63) is 33.8 Å². The van der Waals surface area contributed by atoms with E-state index < -0.39 is 0 Å². The fraction of sp³-hybridized carbons (Fsp3) is 0.500. The molecule has 1 saturated heterocycles. The summed E-state index contributed by atoms with van der Waals surface area (Å²) in [6.45, 7) is 3.50. The number of rotatable bonds is 4. The van der Waals surface area contributed by atoms with Crippen molar-refractivity contribution in [2.24, 2.45) is 5.92 Å². The summed E-state index contributed by atoms with van der Waals surface area (Å²) in [6.07, 6.45) is 1.15. The SMILES string of the molecule is Clc1ccc(Cl)c(CNC[C@@H]2CCOC2)c1. The average molecular weight is 260 g/mol. The van der Waals surface area contributed by atoms with Gasteiger partial charge in [-0.15, -0.1) is 0 Å². The molecule has 1 fully saturated rings. The lowest BCUT2D eigenvalue weighted by Gasteiger charge is -2.10. The third kappa shape index (κ3) is 3.36. The Labute approximate surface area is 106 Å². The molecule has 4 heteroatoms. The topological polar surface area (TPSA) is 21.3 Å². The van der Waals surface area contributed by atoms with Crippen molar-refractivity contribution < 1.29 is 4.74 Å². The molecule has 1 aliphatic rings. The molecule has 1 atom stereocenters. The van der Waals surface area contributed by atoms with Crippen molar-refractivity contribution >= 4 is 23.2 Å². The van der Waals surface area contributed by atoms with Gasteiger partial charge in [0.15, 0.2) is 0 Å². The van der Waals surface area contributed by atoms with Gasteiger partial charge in [0, 0.05) is 29.7 Å². The van der Waals surface area contributed by atoms with Gasteiger partial charge in [-0.3, -0.25) is 0 Å². The Kier molecular flexibility index (Phi) is 4.47. The van der Waals surface area contributed by atoms with Crippen LogP contribution in [0.3, 0.4) is 0 Å². The van der Waals surface area contributed by atoms with Crippen LogP contribution in [0.1, 0.15) is 12.0 Å². The highest BCUT2D eigenvalue weighted by Gasteiger charge is 2.14. The molecule has 2 rings (SSSR count). The fourth-order valence-corrected chi connectivity index (χ4v) is 2.21. The van der Waals surface area contributed by atoms with Crippen LogP contribution in [-0.4, -0.2) is 19.8 Å². The summed E-state index contributed by atoms with van der Waals surface area (Å²) in [5.41, 5.74) is 1.05. The molecule has 1 aliphatic heterocycles. The summed E-state index contributed by atoms with van der Waals surface area (Å²) in [7, 11) is 0. The summed E-state index contributed by atoms with van der Waals surface area (Å²) in [4.78, 5) is 0. The average Bonchev–Trinajstić information content (AvgIpc) is 2.76. The summed E-state index contributed by atoms with van der Waals surface area (Å²) in [6, 6.07) is 5.54. The van der Waals surface area contributed by atoms with E-state index in [9.17, 15) is 0 Å². The van der Waals surface area contributed by atoms with Gasteiger partial charge in [0.05, 0.1) is 6.61 Å². The normalized spacial score (nSPS) is 20.2. The molecular formula is C12H15Cl2NO. The van der Waals surface area contributed by atoms with E-state index in [0.717, 1.165) is 48.3 Å². The van der Waals surface area contributed by atoms with E-state index in [-0.39, 0.29) is 0 Å². The van der Waals surface area contributed by atoms with Crippen molar-refractivity contribution in [3.63, 3.8) is 0 Å². The van der Waals surface area contributed by atoms with Crippen LogP contribution in [0.25, 0.3) is 0 Å². The van der Waals surface area contributed by atoms with Gasteiger partial charge < -0.3 is 10.1 Å². The lowest BCUT2D eigenvalue weighted by atomic mass is 10.1. The van der Waals surface area contributed by atoms with Gasteiger partial charge in [0.2, 0.25) is 0 Å². The molecule has 16 heavy (non-hydrogen) atoms. The minimum atomic E-state index is 0.637. The van der Waals surface area contributed by atoms with Crippen molar-refractivity contribution in [2.45, 2.75) is 13.0 Å². The van der Waals surface area contributed by atoms with Gasteiger partial charge in [0.1, 0.15) is 0 Å². The smallest absolute Gasteiger partial charge is 0.0507 e. The van der Waals surface area contributed by atoms with Crippen LogP contribution >= 0.6 is 23.2 Å². The second-order valence-corrected chi connectivity index (χ2v) is 4.94. The number of halogens is 2. The minimum absolute atomic E-state index is 0.637. The molecule has 2 nitrogen and oxygen atoms in total. The van der Waals surface area contributed by atoms with E-state index in [0.29, 0.717) is 5.92 Å². The molecule has 0 unspecified atom stereocenters. The van der Waals surface area contributed by atoms with Gasteiger partial charge in [-0.25, -0.2) is 0 Å². The molecule has 0 amide bonds. The van der Waals surface area contributed by atoms with Crippen molar-refractivity contribution in [1.82, 2.24) is 5.32 Å². The Morgan fingerprint density at radius 3 is 3.00 bits per heavy atom. The number of benzene rings is 1. The van der Waals surface area contributed by atoms with E-state index in [1.54, 1.807) is 6.07 Å². The molecule has 0 aliphatic carbocycles. The zero-order valence-corrected chi connectivity index (χ0v) is 10.5. The first-order valence-electron chi connectivity index (χ1n) is 5.48. The second-order valence-electron chi connectivity index (χ2n) is 4.10. The molecule has 1 N–H and O–H groups in total. The summed E-state index contributed by atoms with van der Waals surface area (Å²) >= 11 is 12.0. The van der Waals surface area contributed by atoms with Gasteiger partial charge in [0.25, 0.3) is 0 Å². The Bertz CT molecular complexity index is 351. The Morgan fingerprint density at radius 1 is 1.38 bits per heavy atom. The Hall–Kier alpha value is -0.280. The molecular weight excluding hydrogens is 245 g/mol. The predicted octanol–water partition coefficient (Wildman–Crippen LogP) is 3.12. The van der Waals surface area contributed by atoms with E-state index in [1.165, 1.54) is 0 Å². The molecule has 1 aromatic carbocycles. The lowest BCUT2D eigenvalue weighted by molar-refractivity contribution is 0.185. The molecule has 0 spiro atoms. The molecule has 0 bridgehead atoms. The van der Waals surface area contributed by atoms with E-state index >= 15 is 0 Å². The monoisotopic (exact) mass is 259 g/mol. The van der Waals surface area contributed by atoms with Gasteiger partial charge in [-0.05, 0) is 36.1 Å². The summed E-state index contributed by atoms with van der Waals surface area (Å²) < 4.78 is 5.32. The zero-order valence-electron chi connectivity index (χ0n) is 9.01. The number of hydrogen-bond donors (Lipinski definition) is 1. The third-order valence-corrected chi connectivity index (χ3v) is 3.38. The maximum Gasteiger partial charge on any atom is 0.0507 e. The van der Waals surface area contributed by atoms with Gasteiger partial charge in [-0.1, -0.05) is 23.2 Å². The zero-order chi connectivity index (χ0) is 11.4. The molecule has 1 aromatic rings. The minimum Gasteiger partial charge on any atom is -0.381 e. The van der Waals surface area contributed by atoms with Crippen LogP contribution in [0, 0.1) is 5.92 Å². The molecule has 1 heterocycles. The Balaban J connectivity index is 1.82. The maximum absolute atomic E-state index is 6.07. The standard InChI is InChI=1S/C12H15Cl2NO/c13-11-1-2-12(14)10(5-11)7-15-6-9-3-4-16-8-9/h1-2,5,9,15H,3-4,6-8H2/t9-/m0/s1. The predicted molar refractivity (Wildman–Crippen MR) is 67.1 cm³/mol. The number of nitrogens with one attached hydrogen (secondary N) is 1. The highest BCUT2D eigenvalue weighted by atomic mass is 35.5. The highest BCUT2D eigenvalue weighted by molar-refractivity contribution is 6.33. The number of hydrogen-bond acceptors (Lipinski definition) is 2. The van der Waals surface area contributed by atoms with Crippen molar-refractivity contribution in [3.8, 4) is 0 Å². The van der Waals surface area contributed by atoms with Crippen molar-refractivity contribution in [2.75, 3.05) is 19.8 Å². The summed E-state index contributed by atoms with van der Waals surface area (Å²) in [5.74, 6) is 0.637. The lowest BCUT2D eigenvalue weighted by Crippen LogP contribution is -2.22. The highest BCUT2D eigenvalue weighted by Crippen LogP contribution is 2.20.